The molecule has 0 radical (unpaired) electrons. The SMILES string of the molecule is CN(C)Cc1ccc(NC2CCC3(CCCC3)CC2)cc1. The zero-order valence-electron chi connectivity index (χ0n) is 13.7. The Morgan fingerprint density at radius 3 is 2.19 bits per heavy atom. The average Bonchev–Trinajstić information content (AvgIpc) is 2.92. The molecule has 2 nitrogen and oxygen atoms in total. The molecule has 0 aliphatic heterocycles. The van der Waals surface area contributed by atoms with Gasteiger partial charge in [0.05, 0.1) is 0 Å². The number of nitrogens with one attached hydrogen (secondary N) is 1. The van der Waals surface area contributed by atoms with E-state index in [-0.39, 0.29) is 0 Å². The second-order valence-electron chi connectivity index (χ2n) is 7.56. The molecule has 116 valence electrons. The molecule has 2 aliphatic carbocycles. The number of hydrogen-bond acceptors (Lipinski definition) is 2. The van der Waals surface area contributed by atoms with E-state index in [1.54, 1.807) is 0 Å². The fourth-order valence-corrected chi connectivity index (χ4v) is 4.31. The molecule has 1 aromatic rings. The number of rotatable bonds is 4. The summed E-state index contributed by atoms with van der Waals surface area (Å²) in [6.07, 6.45) is 11.6. The minimum absolute atomic E-state index is 0.691. The maximum Gasteiger partial charge on any atom is 0.0342 e. The highest BCUT2D eigenvalue weighted by Gasteiger charge is 2.37. The van der Waals surface area contributed by atoms with Crippen molar-refractivity contribution in [2.75, 3.05) is 19.4 Å². The summed E-state index contributed by atoms with van der Waals surface area (Å²) in [5, 5.41) is 3.75. The van der Waals surface area contributed by atoms with Gasteiger partial charge in [0.15, 0.2) is 0 Å². The van der Waals surface area contributed by atoms with Crippen molar-refractivity contribution in [2.24, 2.45) is 5.41 Å². The zero-order valence-corrected chi connectivity index (χ0v) is 13.7. The Labute approximate surface area is 129 Å². The monoisotopic (exact) mass is 286 g/mol. The van der Waals surface area contributed by atoms with Crippen molar-refractivity contribution >= 4 is 5.69 Å². The van der Waals surface area contributed by atoms with E-state index in [9.17, 15) is 0 Å². The summed E-state index contributed by atoms with van der Waals surface area (Å²) in [5.74, 6) is 0. The highest BCUT2D eigenvalue weighted by atomic mass is 15.0. The van der Waals surface area contributed by atoms with Gasteiger partial charge in [-0.25, -0.2) is 0 Å². The molecule has 2 saturated carbocycles. The zero-order chi connectivity index (χ0) is 14.7. The maximum absolute atomic E-state index is 3.75. The molecule has 2 fully saturated rings. The van der Waals surface area contributed by atoms with E-state index in [2.05, 4.69) is 48.6 Å². The standard InChI is InChI=1S/C19H30N2/c1-21(2)15-16-5-7-17(8-6-16)20-18-9-13-19(14-10-18)11-3-4-12-19/h5-8,18,20H,3-4,9-15H2,1-2H3. The molecule has 2 aliphatic rings. The Balaban J connectivity index is 1.51. The van der Waals surface area contributed by atoms with E-state index in [1.165, 1.54) is 62.6 Å². The Kier molecular flexibility index (Phi) is 4.54. The van der Waals surface area contributed by atoms with Gasteiger partial charge in [-0.05, 0) is 75.7 Å². The van der Waals surface area contributed by atoms with E-state index >= 15 is 0 Å². The molecule has 0 aromatic heterocycles. The lowest BCUT2D eigenvalue weighted by atomic mass is 9.71. The van der Waals surface area contributed by atoms with Gasteiger partial charge in [0.25, 0.3) is 0 Å². The predicted octanol–water partition coefficient (Wildman–Crippen LogP) is 4.66. The van der Waals surface area contributed by atoms with Crippen LogP contribution in [0.2, 0.25) is 0 Å². The van der Waals surface area contributed by atoms with Gasteiger partial charge in [-0.1, -0.05) is 25.0 Å². The summed E-state index contributed by atoms with van der Waals surface area (Å²) in [4.78, 5) is 2.21. The van der Waals surface area contributed by atoms with Gasteiger partial charge in [0.2, 0.25) is 0 Å². The molecule has 0 saturated heterocycles. The van der Waals surface area contributed by atoms with Gasteiger partial charge in [0, 0.05) is 18.3 Å². The third-order valence-electron chi connectivity index (χ3n) is 5.53. The molecule has 0 atom stereocenters. The number of hydrogen-bond donors (Lipinski definition) is 1. The van der Waals surface area contributed by atoms with E-state index < -0.39 is 0 Å². The molecule has 0 bridgehead atoms. The van der Waals surface area contributed by atoms with Crippen molar-refractivity contribution in [1.82, 2.24) is 4.90 Å². The summed E-state index contributed by atoms with van der Waals surface area (Å²) in [6, 6.07) is 9.70. The first-order valence-corrected chi connectivity index (χ1v) is 8.65. The largest absolute Gasteiger partial charge is 0.382 e. The first-order valence-electron chi connectivity index (χ1n) is 8.65. The van der Waals surface area contributed by atoms with Gasteiger partial charge in [0.1, 0.15) is 0 Å². The minimum Gasteiger partial charge on any atom is -0.382 e. The van der Waals surface area contributed by atoms with Crippen LogP contribution in [-0.2, 0) is 6.54 Å². The van der Waals surface area contributed by atoms with Gasteiger partial charge in [-0.3, -0.25) is 0 Å². The van der Waals surface area contributed by atoms with Crippen LogP contribution in [0.1, 0.15) is 56.9 Å². The normalized spacial score (nSPS) is 22.0. The van der Waals surface area contributed by atoms with Crippen molar-refractivity contribution in [2.45, 2.75) is 64.0 Å². The second-order valence-corrected chi connectivity index (χ2v) is 7.56. The van der Waals surface area contributed by atoms with Gasteiger partial charge in [-0.2, -0.15) is 0 Å². The van der Waals surface area contributed by atoms with E-state index in [0.717, 1.165) is 12.0 Å². The Morgan fingerprint density at radius 2 is 1.62 bits per heavy atom. The van der Waals surface area contributed by atoms with Crippen molar-refractivity contribution in [3.05, 3.63) is 29.8 Å². The number of anilines is 1. The van der Waals surface area contributed by atoms with Crippen LogP contribution in [0.25, 0.3) is 0 Å². The molecule has 1 aromatic carbocycles. The smallest absolute Gasteiger partial charge is 0.0342 e. The molecule has 2 heteroatoms. The average molecular weight is 286 g/mol. The van der Waals surface area contributed by atoms with Crippen molar-refractivity contribution in [1.29, 1.82) is 0 Å². The van der Waals surface area contributed by atoms with Crippen molar-refractivity contribution < 1.29 is 0 Å². The predicted molar refractivity (Wildman–Crippen MR) is 90.6 cm³/mol. The molecule has 0 heterocycles. The quantitative estimate of drug-likeness (QED) is 0.865. The molecular formula is C19H30N2. The van der Waals surface area contributed by atoms with E-state index in [0.29, 0.717) is 6.04 Å². The number of benzene rings is 1. The van der Waals surface area contributed by atoms with Gasteiger partial charge < -0.3 is 10.2 Å². The first-order chi connectivity index (χ1) is 10.2. The lowest BCUT2D eigenvalue weighted by Gasteiger charge is -2.37. The highest BCUT2D eigenvalue weighted by molar-refractivity contribution is 5.45. The maximum atomic E-state index is 3.75. The third kappa shape index (κ3) is 3.79. The van der Waals surface area contributed by atoms with Crippen LogP contribution in [0, 0.1) is 5.41 Å². The second kappa shape index (κ2) is 6.39. The highest BCUT2D eigenvalue weighted by Crippen LogP contribution is 2.49. The van der Waals surface area contributed by atoms with Crippen LogP contribution in [0.15, 0.2) is 24.3 Å². The fourth-order valence-electron chi connectivity index (χ4n) is 4.31. The molecule has 1 spiro atoms. The molecule has 3 rings (SSSR count). The van der Waals surface area contributed by atoms with Crippen molar-refractivity contribution in [3.63, 3.8) is 0 Å². The Bertz CT molecular complexity index is 433. The molecule has 0 amide bonds. The summed E-state index contributed by atoms with van der Waals surface area (Å²) >= 11 is 0. The molecule has 21 heavy (non-hydrogen) atoms. The lowest BCUT2D eigenvalue weighted by Crippen LogP contribution is -2.31. The van der Waals surface area contributed by atoms with Gasteiger partial charge in [-0.15, -0.1) is 0 Å². The summed E-state index contributed by atoms with van der Waals surface area (Å²) in [6.45, 7) is 1.02. The first kappa shape index (κ1) is 14.9. The summed E-state index contributed by atoms with van der Waals surface area (Å²) in [7, 11) is 4.24. The van der Waals surface area contributed by atoms with Crippen LogP contribution >= 0.6 is 0 Å². The third-order valence-corrected chi connectivity index (χ3v) is 5.53. The topological polar surface area (TPSA) is 15.3 Å². The van der Waals surface area contributed by atoms with Gasteiger partial charge >= 0.3 is 0 Å². The fraction of sp³-hybridized carbons (Fsp3) is 0.684. The van der Waals surface area contributed by atoms with Crippen LogP contribution < -0.4 is 5.32 Å². The van der Waals surface area contributed by atoms with E-state index in [4.69, 9.17) is 0 Å². The summed E-state index contributed by atoms with van der Waals surface area (Å²) in [5.41, 5.74) is 3.43. The van der Waals surface area contributed by atoms with Crippen LogP contribution in [0.4, 0.5) is 5.69 Å². The number of nitrogens with zero attached hydrogens (tertiary/aromatic N) is 1. The molecule has 0 unspecified atom stereocenters. The Hall–Kier alpha value is -1.02. The molecule has 1 N–H and O–H groups in total. The van der Waals surface area contributed by atoms with Crippen LogP contribution in [-0.4, -0.2) is 25.0 Å². The minimum atomic E-state index is 0.691. The van der Waals surface area contributed by atoms with Crippen LogP contribution in [0.3, 0.4) is 0 Å². The molecular weight excluding hydrogens is 256 g/mol. The lowest BCUT2D eigenvalue weighted by molar-refractivity contribution is 0.188. The summed E-state index contributed by atoms with van der Waals surface area (Å²) < 4.78 is 0. The Morgan fingerprint density at radius 1 is 1.00 bits per heavy atom. The van der Waals surface area contributed by atoms with E-state index in [1.807, 2.05) is 0 Å². The van der Waals surface area contributed by atoms with Crippen LogP contribution in [0.5, 0.6) is 0 Å². The van der Waals surface area contributed by atoms with Crippen molar-refractivity contribution in [3.8, 4) is 0 Å².